The van der Waals surface area contributed by atoms with E-state index < -0.39 is 0 Å². The van der Waals surface area contributed by atoms with E-state index in [4.69, 9.17) is 4.52 Å². The summed E-state index contributed by atoms with van der Waals surface area (Å²) in [5, 5.41) is 18.8. The molecule has 19 heavy (non-hydrogen) atoms. The number of piperazine rings is 1. The first-order valence-corrected chi connectivity index (χ1v) is 5.85. The molecule has 0 bridgehead atoms. The van der Waals surface area contributed by atoms with Gasteiger partial charge in [0.05, 0.1) is 6.54 Å². The fourth-order valence-electron chi connectivity index (χ4n) is 1.85. The van der Waals surface area contributed by atoms with E-state index in [0.717, 1.165) is 5.56 Å². The Kier molecular flexibility index (Phi) is 2.88. The molecule has 2 aromatic rings. The Labute approximate surface area is 108 Å². The Morgan fingerprint density at radius 1 is 1.32 bits per heavy atom. The average molecular weight is 260 g/mol. The van der Waals surface area contributed by atoms with E-state index in [1.165, 1.54) is 0 Å². The first kappa shape index (κ1) is 11.7. The third-order valence-corrected chi connectivity index (χ3v) is 2.88. The van der Waals surface area contributed by atoms with Gasteiger partial charge in [-0.2, -0.15) is 4.98 Å². The second-order valence-electron chi connectivity index (χ2n) is 4.24. The van der Waals surface area contributed by atoms with Gasteiger partial charge in [-0.3, -0.25) is 10.1 Å². The molecule has 1 aliphatic heterocycles. The highest BCUT2D eigenvalue weighted by Crippen LogP contribution is 2.21. The van der Waals surface area contributed by atoms with E-state index >= 15 is 0 Å². The molecule has 1 aromatic carbocycles. The summed E-state index contributed by atoms with van der Waals surface area (Å²) >= 11 is 0. The van der Waals surface area contributed by atoms with Gasteiger partial charge in [-0.1, -0.05) is 5.16 Å². The minimum absolute atomic E-state index is 0.0467. The van der Waals surface area contributed by atoms with Crippen LogP contribution in [-0.2, 0) is 4.79 Å². The van der Waals surface area contributed by atoms with Crippen LogP contribution >= 0.6 is 0 Å². The van der Waals surface area contributed by atoms with E-state index in [1.807, 2.05) is 0 Å². The van der Waals surface area contributed by atoms with E-state index in [0.29, 0.717) is 18.3 Å². The zero-order chi connectivity index (χ0) is 13.2. The minimum Gasteiger partial charge on any atom is -0.508 e. The third kappa shape index (κ3) is 2.41. The molecule has 0 saturated carbocycles. The lowest BCUT2D eigenvalue weighted by atomic mass is 10.2. The summed E-state index contributed by atoms with van der Waals surface area (Å²) in [5.74, 6) is 1.02. The Morgan fingerprint density at radius 3 is 2.79 bits per heavy atom. The smallest absolute Gasteiger partial charge is 0.245 e. The van der Waals surface area contributed by atoms with Crippen LogP contribution in [0.25, 0.3) is 11.4 Å². The lowest BCUT2D eigenvalue weighted by Gasteiger charge is -2.20. The lowest BCUT2D eigenvalue weighted by molar-refractivity contribution is -0.121. The van der Waals surface area contributed by atoms with E-state index in [1.54, 1.807) is 24.3 Å². The predicted octanol–water partition coefficient (Wildman–Crippen LogP) is 0.203. The van der Waals surface area contributed by atoms with Gasteiger partial charge in [0.25, 0.3) is 0 Å². The molecule has 1 unspecified atom stereocenters. The summed E-state index contributed by atoms with van der Waals surface area (Å²) in [6.45, 7) is 0.664. The topological polar surface area (TPSA) is 100 Å². The Bertz CT molecular complexity index is 583. The van der Waals surface area contributed by atoms with Crippen molar-refractivity contribution in [2.45, 2.75) is 6.04 Å². The van der Waals surface area contributed by atoms with Gasteiger partial charge in [-0.05, 0) is 24.3 Å². The van der Waals surface area contributed by atoms with Crippen molar-refractivity contribution in [3.63, 3.8) is 0 Å². The number of hydrogen-bond donors (Lipinski definition) is 3. The first-order valence-electron chi connectivity index (χ1n) is 5.85. The van der Waals surface area contributed by atoms with Crippen molar-refractivity contribution in [1.29, 1.82) is 0 Å². The van der Waals surface area contributed by atoms with Gasteiger partial charge in [-0.25, -0.2) is 0 Å². The van der Waals surface area contributed by atoms with Crippen LogP contribution in [-0.4, -0.2) is 34.2 Å². The predicted molar refractivity (Wildman–Crippen MR) is 65.2 cm³/mol. The average Bonchev–Trinajstić information content (AvgIpc) is 2.90. The van der Waals surface area contributed by atoms with Gasteiger partial charge in [0, 0.05) is 12.1 Å². The number of nitrogens with one attached hydrogen (secondary N) is 2. The molecule has 0 radical (unpaired) electrons. The zero-order valence-corrected chi connectivity index (χ0v) is 9.96. The van der Waals surface area contributed by atoms with Crippen LogP contribution in [0.1, 0.15) is 11.9 Å². The quantitative estimate of drug-likeness (QED) is 0.713. The van der Waals surface area contributed by atoms with Crippen LogP contribution in [0, 0.1) is 0 Å². The number of carbonyl (C=O) groups excluding carboxylic acids is 1. The highest BCUT2D eigenvalue weighted by molar-refractivity contribution is 5.78. The van der Waals surface area contributed by atoms with Crippen molar-refractivity contribution in [1.82, 2.24) is 20.8 Å². The summed E-state index contributed by atoms with van der Waals surface area (Å²) < 4.78 is 5.19. The van der Waals surface area contributed by atoms with E-state index in [2.05, 4.69) is 20.8 Å². The Hall–Kier alpha value is -2.41. The molecular weight excluding hydrogens is 248 g/mol. The summed E-state index contributed by atoms with van der Waals surface area (Å²) in [6, 6.07) is 6.37. The van der Waals surface area contributed by atoms with Crippen molar-refractivity contribution in [2.24, 2.45) is 0 Å². The molecule has 7 heteroatoms. The number of nitrogens with zero attached hydrogens (tertiary/aromatic N) is 2. The summed E-state index contributed by atoms with van der Waals surface area (Å²) in [5.41, 5.74) is 0.757. The molecule has 2 heterocycles. The van der Waals surface area contributed by atoms with Crippen molar-refractivity contribution in [3.8, 4) is 17.1 Å². The molecule has 1 atom stereocenters. The molecule has 1 amide bonds. The highest BCUT2D eigenvalue weighted by atomic mass is 16.5. The van der Waals surface area contributed by atoms with Gasteiger partial charge in [0.1, 0.15) is 11.8 Å². The van der Waals surface area contributed by atoms with Crippen molar-refractivity contribution in [2.75, 3.05) is 13.1 Å². The lowest BCUT2D eigenvalue weighted by Crippen LogP contribution is -2.47. The zero-order valence-electron chi connectivity index (χ0n) is 9.96. The molecule has 1 aliphatic rings. The van der Waals surface area contributed by atoms with Gasteiger partial charge in [0.2, 0.25) is 17.6 Å². The largest absolute Gasteiger partial charge is 0.508 e. The monoisotopic (exact) mass is 260 g/mol. The minimum atomic E-state index is -0.170. The van der Waals surface area contributed by atoms with Gasteiger partial charge in [0.15, 0.2) is 0 Å². The molecule has 1 aromatic heterocycles. The molecule has 3 N–H and O–H groups in total. The van der Waals surface area contributed by atoms with E-state index in [9.17, 15) is 9.90 Å². The van der Waals surface area contributed by atoms with Crippen LogP contribution in [0.2, 0.25) is 0 Å². The molecule has 98 valence electrons. The van der Waals surface area contributed by atoms with Crippen molar-refractivity contribution >= 4 is 5.91 Å². The number of rotatable bonds is 2. The van der Waals surface area contributed by atoms with Gasteiger partial charge >= 0.3 is 0 Å². The second kappa shape index (κ2) is 4.69. The molecule has 7 nitrogen and oxygen atoms in total. The van der Waals surface area contributed by atoms with Crippen LogP contribution < -0.4 is 10.6 Å². The fraction of sp³-hybridized carbons (Fsp3) is 0.250. The number of hydrogen-bond acceptors (Lipinski definition) is 6. The number of amides is 1. The Balaban J connectivity index is 1.79. The third-order valence-electron chi connectivity index (χ3n) is 2.88. The number of phenols is 1. The van der Waals surface area contributed by atoms with E-state index in [-0.39, 0.29) is 24.2 Å². The molecule has 1 saturated heterocycles. The normalized spacial score (nSPS) is 19.2. The summed E-state index contributed by atoms with van der Waals surface area (Å²) in [6.07, 6.45) is 0. The summed E-state index contributed by atoms with van der Waals surface area (Å²) in [7, 11) is 0. The van der Waals surface area contributed by atoms with Crippen LogP contribution in [0.15, 0.2) is 28.8 Å². The maximum absolute atomic E-state index is 11.0. The number of phenolic OH excluding ortho intramolecular Hbond substituents is 1. The molecule has 3 rings (SSSR count). The molecule has 0 aliphatic carbocycles. The molecule has 0 spiro atoms. The SMILES string of the molecule is O=C1CNC(c2nc(-c3ccc(O)cc3)no2)CN1. The maximum Gasteiger partial charge on any atom is 0.245 e. The van der Waals surface area contributed by atoms with Crippen molar-refractivity contribution < 1.29 is 14.4 Å². The summed E-state index contributed by atoms with van der Waals surface area (Å²) in [4.78, 5) is 15.3. The maximum atomic E-state index is 11.0. The second-order valence-corrected chi connectivity index (χ2v) is 4.24. The molecular formula is C12H12N4O3. The number of benzene rings is 1. The fourth-order valence-corrected chi connectivity index (χ4v) is 1.85. The Morgan fingerprint density at radius 2 is 2.11 bits per heavy atom. The van der Waals surface area contributed by atoms with Gasteiger partial charge < -0.3 is 14.9 Å². The van der Waals surface area contributed by atoms with Gasteiger partial charge in [-0.15, -0.1) is 0 Å². The van der Waals surface area contributed by atoms with Crippen molar-refractivity contribution in [3.05, 3.63) is 30.2 Å². The highest BCUT2D eigenvalue weighted by Gasteiger charge is 2.24. The van der Waals surface area contributed by atoms with Crippen LogP contribution in [0.3, 0.4) is 0 Å². The first-order chi connectivity index (χ1) is 9.22. The number of aromatic nitrogens is 2. The standard InChI is InChI=1S/C12H12N4O3/c17-8-3-1-7(2-4-8)11-15-12(19-16-11)9-5-14-10(18)6-13-9/h1-4,9,13,17H,5-6H2,(H,14,18). The number of carbonyl (C=O) groups is 1. The van der Waals surface area contributed by atoms with Crippen LogP contribution in [0.5, 0.6) is 5.75 Å². The number of aromatic hydroxyl groups is 1. The van der Waals surface area contributed by atoms with Crippen LogP contribution in [0.4, 0.5) is 0 Å². The molecule has 1 fully saturated rings.